The predicted molar refractivity (Wildman–Crippen MR) is 52.6 cm³/mol. The summed E-state index contributed by atoms with van der Waals surface area (Å²) in [5.74, 6) is -0.232. The molecule has 0 aliphatic rings. The Morgan fingerprint density at radius 2 is 2.08 bits per heavy atom. The van der Waals surface area contributed by atoms with Crippen LogP contribution in [0.4, 0.5) is 4.39 Å². The SMILES string of the molecule is Cc1c(Cl)n(C)c2cc(F)ccc12. The van der Waals surface area contributed by atoms with Crippen molar-refractivity contribution in [3.63, 3.8) is 0 Å². The Balaban J connectivity index is 2.95. The minimum Gasteiger partial charge on any atom is -0.334 e. The summed E-state index contributed by atoms with van der Waals surface area (Å²) in [4.78, 5) is 0. The van der Waals surface area contributed by atoms with Crippen LogP contribution in [0.1, 0.15) is 5.56 Å². The molecule has 1 aromatic heterocycles. The second-order valence-electron chi connectivity index (χ2n) is 3.14. The zero-order valence-corrected chi connectivity index (χ0v) is 8.19. The number of aryl methyl sites for hydroxylation is 2. The van der Waals surface area contributed by atoms with Crippen LogP contribution in [0.2, 0.25) is 5.15 Å². The third kappa shape index (κ3) is 1.13. The number of fused-ring (bicyclic) bond motifs is 1. The number of hydrogen-bond acceptors (Lipinski definition) is 0. The van der Waals surface area contributed by atoms with E-state index < -0.39 is 0 Å². The normalized spacial score (nSPS) is 11.1. The van der Waals surface area contributed by atoms with E-state index in [0.717, 1.165) is 16.5 Å². The third-order valence-electron chi connectivity index (χ3n) is 2.33. The van der Waals surface area contributed by atoms with Gasteiger partial charge in [0.1, 0.15) is 11.0 Å². The van der Waals surface area contributed by atoms with Gasteiger partial charge in [0.05, 0.1) is 5.52 Å². The molecule has 0 spiro atoms. The zero-order valence-electron chi connectivity index (χ0n) is 7.44. The topological polar surface area (TPSA) is 4.93 Å². The molecule has 0 bridgehead atoms. The van der Waals surface area contributed by atoms with Crippen molar-refractivity contribution in [1.82, 2.24) is 4.57 Å². The number of halogens is 2. The first-order valence-electron chi connectivity index (χ1n) is 4.01. The van der Waals surface area contributed by atoms with Crippen LogP contribution >= 0.6 is 11.6 Å². The summed E-state index contributed by atoms with van der Waals surface area (Å²) in [5, 5.41) is 1.68. The van der Waals surface area contributed by atoms with E-state index in [1.807, 2.05) is 14.0 Å². The van der Waals surface area contributed by atoms with Gasteiger partial charge in [0.2, 0.25) is 0 Å². The summed E-state index contributed by atoms with van der Waals surface area (Å²) < 4.78 is 14.7. The molecular formula is C10H9ClFN. The first-order chi connectivity index (χ1) is 6.11. The van der Waals surface area contributed by atoms with Crippen LogP contribution in [0.3, 0.4) is 0 Å². The van der Waals surface area contributed by atoms with Gasteiger partial charge in [-0.2, -0.15) is 0 Å². The van der Waals surface area contributed by atoms with E-state index in [9.17, 15) is 4.39 Å². The number of benzene rings is 1. The lowest BCUT2D eigenvalue weighted by atomic mass is 10.2. The highest BCUT2D eigenvalue weighted by Gasteiger charge is 2.09. The maximum Gasteiger partial charge on any atom is 0.125 e. The fourth-order valence-electron chi connectivity index (χ4n) is 1.57. The number of rotatable bonds is 0. The molecule has 0 aliphatic heterocycles. The molecule has 0 unspecified atom stereocenters. The number of aromatic nitrogens is 1. The van der Waals surface area contributed by atoms with Crippen molar-refractivity contribution < 1.29 is 4.39 Å². The van der Waals surface area contributed by atoms with Gasteiger partial charge in [-0.3, -0.25) is 0 Å². The summed E-state index contributed by atoms with van der Waals surface area (Å²) in [5.41, 5.74) is 1.83. The van der Waals surface area contributed by atoms with Crippen LogP contribution in [0.25, 0.3) is 10.9 Å². The lowest BCUT2D eigenvalue weighted by Gasteiger charge is -1.96. The first kappa shape index (κ1) is 8.57. The maximum atomic E-state index is 12.9. The van der Waals surface area contributed by atoms with E-state index >= 15 is 0 Å². The first-order valence-corrected chi connectivity index (χ1v) is 4.39. The largest absolute Gasteiger partial charge is 0.334 e. The fraction of sp³-hybridized carbons (Fsp3) is 0.200. The fourth-order valence-corrected chi connectivity index (χ4v) is 1.76. The van der Waals surface area contributed by atoms with Gasteiger partial charge >= 0.3 is 0 Å². The van der Waals surface area contributed by atoms with Crippen LogP contribution < -0.4 is 0 Å². The second kappa shape index (κ2) is 2.74. The standard InChI is InChI=1S/C10H9ClFN/c1-6-8-4-3-7(12)5-9(8)13(2)10(6)11/h3-5H,1-2H3. The van der Waals surface area contributed by atoms with Crippen LogP contribution in [0.5, 0.6) is 0 Å². The highest BCUT2D eigenvalue weighted by Crippen LogP contribution is 2.28. The lowest BCUT2D eigenvalue weighted by molar-refractivity contribution is 0.629. The second-order valence-corrected chi connectivity index (χ2v) is 3.49. The molecular weight excluding hydrogens is 189 g/mol. The Morgan fingerprint density at radius 1 is 1.38 bits per heavy atom. The molecule has 0 radical (unpaired) electrons. The summed E-state index contributed by atoms with van der Waals surface area (Å²) in [6.45, 7) is 1.93. The van der Waals surface area contributed by atoms with Gasteiger partial charge in [-0.1, -0.05) is 11.6 Å². The smallest absolute Gasteiger partial charge is 0.125 e. The summed E-state index contributed by atoms with van der Waals surface area (Å²) in [6.07, 6.45) is 0. The number of nitrogens with zero attached hydrogens (tertiary/aromatic N) is 1. The molecule has 0 N–H and O–H groups in total. The predicted octanol–water partition coefficient (Wildman–Crippen LogP) is 3.28. The number of hydrogen-bond donors (Lipinski definition) is 0. The lowest BCUT2D eigenvalue weighted by Crippen LogP contribution is -1.86. The Hall–Kier alpha value is -1.02. The highest BCUT2D eigenvalue weighted by atomic mass is 35.5. The molecule has 0 fully saturated rings. The van der Waals surface area contributed by atoms with Crippen molar-refractivity contribution in [1.29, 1.82) is 0 Å². The molecule has 13 heavy (non-hydrogen) atoms. The van der Waals surface area contributed by atoms with E-state index in [0.29, 0.717) is 5.15 Å². The molecule has 1 nitrogen and oxygen atoms in total. The van der Waals surface area contributed by atoms with Gasteiger partial charge in [-0.15, -0.1) is 0 Å². The molecule has 0 saturated heterocycles. The molecule has 68 valence electrons. The minimum absolute atomic E-state index is 0.232. The van der Waals surface area contributed by atoms with Crippen molar-refractivity contribution in [3.8, 4) is 0 Å². The summed E-state index contributed by atoms with van der Waals surface area (Å²) in [7, 11) is 1.83. The quantitative estimate of drug-likeness (QED) is 0.611. The van der Waals surface area contributed by atoms with E-state index in [1.54, 1.807) is 10.6 Å². The zero-order chi connectivity index (χ0) is 9.59. The van der Waals surface area contributed by atoms with E-state index in [2.05, 4.69) is 0 Å². The van der Waals surface area contributed by atoms with E-state index in [-0.39, 0.29) is 5.82 Å². The Kier molecular flexibility index (Phi) is 1.81. The van der Waals surface area contributed by atoms with Crippen LogP contribution in [0, 0.1) is 12.7 Å². The van der Waals surface area contributed by atoms with Gasteiger partial charge in [0.15, 0.2) is 0 Å². The van der Waals surface area contributed by atoms with Crippen molar-refractivity contribution in [3.05, 3.63) is 34.7 Å². The molecule has 0 atom stereocenters. The van der Waals surface area contributed by atoms with Crippen molar-refractivity contribution >= 4 is 22.5 Å². The molecule has 1 aromatic carbocycles. The summed E-state index contributed by atoms with van der Waals surface area (Å²) in [6, 6.07) is 4.70. The van der Waals surface area contributed by atoms with Crippen molar-refractivity contribution in [2.24, 2.45) is 7.05 Å². The Morgan fingerprint density at radius 3 is 2.77 bits per heavy atom. The van der Waals surface area contributed by atoms with E-state index in [1.165, 1.54) is 12.1 Å². The van der Waals surface area contributed by atoms with E-state index in [4.69, 9.17) is 11.6 Å². The van der Waals surface area contributed by atoms with Crippen LogP contribution in [-0.2, 0) is 7.05 Å². The molecule has 1 heterocycles. The van der Waals surface area contributed by atoms with Gasteiger partial charge in [-0.05, 0) is 30.7 Å². The molecule has 2 rings (SSSR count). The average Bonchev–Trinajstić information content (AvgIpc) is 2.32. The molecule has 0 saturated carbocycles. The average molecular weight is 198 g/mol. The van der Waals surface area contributed by atoms with Gasteiger partial charge < -0.3 is 4.57 Å². The molecule has 0 amide bonds. The van der Waals surface area contributed by atoms with Crippen molar-refractivity contribution in [2.75, 3.05) is 0 Å². The highest BCUT2D eigenvalue weighted by molar-refractivity contribution is 6.32. The van der Waals surface area contributed by atoms with Gasteiger partial charge in [-0.25, -0.2) is 4.39 Å². The van der Waals surface area contributed by atoms with Crippen LogP contribution in [-0.4, -0.2) is 4.57 Å². The maximum absolute atomic E-state index is 12.9. The van der Waals surface area contributed by atoms with Gasteiger partial charge in [0.25, 0.3) is 0 Å². The monoisotopic (exact) mass is 197 g/mol. The summed E-state index contributed by atoms with van der Waals surface area (Å²) >= 11 is 6.01. The minimum atomic E-state index is -0.232. The van der Waals surface area contributed by atoms with Gasteiger partial charge in [0, 0.05) is 12.4 Å². The molecule has 0 aliphatic carbocycles. The molecule has 2 aromatic rings. The van der Waals surface area contributed by atoms with Crippen LogP contribution in [0.15, 0.2) is 18.2 Å². The Labute approximate surface area is 80.7 Å². The Bertz CT molecular complexity index is 473. The van der Waals surface area contributed by atoms with Crippen molar-refractivity contribution in [2.45, 2.75) is 6.92 Å². The molecule has 3 heteroatoms. The third-order valence-corrected chi connectivity index (χ3v) is 2.87.